The number of halogens is 2. The number of nitrogens with zero attached hydrogens (tertiary/aromatic N) is 6. The standard InChI is InChI=1S/C26H23F2N7O2S/c1-13-7-16(17-8-19(22(27)28)31-12-21(17)37-2)18(10-30-13)24(36)35-26-34-23-25(38-26)33-20(11-32-23)15-5-3-14(9-29)4-6-15/h7-8,10-12,14-15,22H,3-6H2,1-2H3,(H,32,34,35,36). The van der Waals surface area contributed by atoms with Crippen LogP contribution in [0.2, 0.25) is 0 Å². The Balaban J connectivity index is 1.43. The van der Waals surface area contributed by atoms with Crippen LogP contribution in [0.3, 0.4) is 0 Å². The molecule has 9 nitrogen and oxygen atoms in total. The maximum absolute atomic E-state index is 13.4. The number of aromatic nitrogens is 5. The van der Waals surface area contributed by atoms with E-state index in [2.05, 4.69) is 31.3 Å². The number of carbonyl (C=O) groups is 1. The molecule has 5 rings (SSSR count). The highest BCUT2D eigenvalue weighted by molar-refractivity contribution is 7.21. The molecule has 1 aliphatic carbocycles. The summed E-state index contributed by atoms with van der Waals surface area (Å²) in [5.74, 6) is 0.0764. The van der Waals surface area contributed by atoms with Gasteiger partial charge in [0.2, 0.25) is 0 Å². The van der Waals surface area contributed by atoms with Crippen LogP contribution in [0, 0.1) is 24.2 Å². The van der Waals surface area contributed by atoms with Gasteiger partial charge in [-0.15, -0.1) is 0 Å². The number of ether oxygens (including phenoxy) is 1. The molecular formula is C26H23F2N7O2S. The number of hydrogen-bond donors (Lipinski definition) is 1. The zero-order valence-electron chi connectivity index (χ0n) is 20.6. The molecule has 0 saturated heterocycles. The molecule has 0 radical (unpaired) electrons. The average molecular weight is 536 g/mol. The Kier molecular flexibility index (Phi) is 7.20. The second kappa shape index (κ2) is 10.7. The summed E-state index contributed by atoms with van der Waals surface area (Å²) in [6.07, 6.45) is 4.99. The number of pyridine rings is 2. The smallest absolute Gasteiger partial charge is 0.280 e. The molecule has 4 aromatic heterocycles. The number of amides is 1. The third-order valence-corrected chi connectivity index (χ3v) is 7.45. The lowest BCUT2D eigenvalue weighted by molar-refractivity contribution is 0.102. The molecule has 0 aromatic carbocycles. The van der Waals surface area contributed by atoms with E-state index in [0.29, 0.717) is 32.4 Å². The maximum atomic E-state index is 13.4. The monoisotopic (exact) mass is 535 g/mol. The van der Waals surface area contributed by atoms with Crippen molar-refractivity contribution in [2.24, 2.45) is 5.92 Å². The molecule has 1 fully saturated rings. The number of aryl methyl sites for hydroxylation is 1. The van der Waals surface area contributed by atoms with Gasteiger partial charge in [-0.25, -0.2) is 18.7 Å². The molecule has 0 bridgehead atoms. The topological polar surface area (TPSA) is 127 Å². The molecule has 38 heavy (non-hydrogen) atoms. The van der Waals surface area contributed by atoms with Crippen LogP contribution in [0.1, 0.15) is 65.5 Å². The zero-order valence-corrected chi connectivity index (χ0v) is 21.4. The fraction of sp³-hybridized carbons (Fsp3) is 0.346. The quantitative estimate of drug-likeness (QED) is 0.326. The van der Waals surface area contributed by atoms with Gasteiger partial charge >= 0.3 is 0 Å². The molecule has 12 heteroatoms. The van der Waals surface area contributed by atoms with Crippen LogP contribution in [0.5, 0.6) is 5.75 Å². The number of rotatable bonds is 6. The Morgan fingerprint density at radius 1 is 1.11 bits per heavy atom. The summed E-state index contributed by atoms with van der Waals surface area (Å²) < 4.78 is 32.1. The van der Waals surface area contributed by atoms with Crippen LogP contribution in [-0.4, -0.2) is 37.9 Å². The van der Waals surface area contributed by atoms with E-state index in [-0.39, 0.29) is 23.1 Å². The van der Waals surface area contributed by atoms with E-state index in [4.69, 9.17) is 15.0 Å². The Hall–Kier alpha value is -4.11. The molecule has 1 saturated carbocycles. The van der Waals surface area contributed by atoms with Gasteiger partial charge in [-0.2, -0.15) is 10.2 Å². The normalized spacial score (nSPS) is 17.4. The average Bonchev–Trinajstić information content (AvgIpc) is 3.34. The number of fused-ring (bicyclic) bond motifs is 1. The van der Waals surface area contributed by atoms with Crippen molar-refractivity contribution in [2.75, 3.05) is 12.4 Å². The van der Waals surface area contributed by atoms with Crippen LogP contribution < -0.4 is 10.1 Å². The highest BCUT2D eigenvalue weighted by Gasteiger charge is 2.25. The van der Waals surface area contributed by atoms with Gasteiger partial charge in [0.1, 0.15) is 11.4 Å². The Morgan fingerprint density at radius 2 is 1.89 bits per heavy atom. The lowest BCUT2D eigenvalue weighted by Gasteiger charge is -2.23. The Bertz CT molecular complexity index is 1540. The molecule has 1 amide bonds. The minimum absolute atomic E-state index is 0.100. The van der Waals surface area contributed by atoms with Gasteiger partial charge in [0.15, 0.2) is 15.6 Å². The van der Waals surface area contributed by atoms with E-state index >= 15 is 0 Å². The van der Waals surface area contributed by atoms with Gasteiger partial charge in [0.25, 0.3) is 12.3 Å². The Labute approximate surface area is 221 Å². The van der Waals surface area contributed by atoms with Gasteiger partial charge in [-0.1, -0.05) is 11.3 Å². The van der Waals surface area contributed by atoms with Crippen LogP contribution in [0.4, 0.5) is 13.9 Å². The van der Waals surface area contributed by atoms with Gasteiger partial charge in [0.05, 0.1) is 36.8 Å². The van der Waals surface area contributed by atoms with Crippen molar-refractivity contribution in [2.45, 2.75) is 45.0 Å². The lowest BCUT2D eigenvalue weighted by Crippen LogP contribution is -2.14. The second-order valence-electron chi connectivity index (χ2n) is 9.06. The highest BCUT2D eigenvalue weighted by Crippen LogP contribution is 2.37. The minimum atomic E-state index is -2.78. The van der Waals surface area contributed by atoms with E-state index in [9.17, 15) is 13.6 Å². The third-order valence-electron chi connectivity index (χ3n) is 6.60. The molecule has 0 aliphatic heterocycles. The number of carbonyl (C=O) groups excluding carboxylic acids is 1. The number of hydrogen-bond acceptors (Lipinski definition) is 9. The lowest BCUT2D eigenvalue weighted by atomic mass is 9.81. The van der Waals surface area contributed by atoms with Crippen LogP contribution in [-0.2, 0) is 0 Å². The third kappa shape index (κ3) is 5.15. The maximum Gasteiger partial charge on any atom is 0.280 e. The predicted octanol–water partition coefficient (Wildman–Crippen LogP) is 5.85. The highest BCUT2D eigenvalue weighted by atomic mass is 32.1. The van der Waals surface area contributed by atoms with E-state index < -0.39 is 18.0 Å². The Morgan fingerprint density at radius 3 is 2.61 bits per heavy atom. The number of nitriles is 1. The van der Waals surface area contributed by atoms with Crippen LogP contribution in [0.15, 0.2) is 30.7 Å². The first-order chi connectivity index (χ1) is 18.4. The number of thiazole rings is 1. The molecule has 1 N–H and O–H groups in total. The van der Waals surface area contributed by atoms with E-state index in [1.165, 1.54) is 36.9 Å². The summed E-state index contributed by atoms with van der Waals surface area (Å²) in [7, 11) is 1.40. The predicted molar refractivity (Wildman–Crippen MR) is 137 cm³/mol. The number of nitrogens with one attached hydrogen (secondary N) is 1. The summed E-state index contributed by atoms with van der Waals surface area (Å²) >= 11 is 1.20. The van der Waals surface area contributed by atoms with Crippen molar-refractivity contribution < 1.29 is 18.3 Å². The molecule has 0 atom stereocenters. The van der Waals surface area contributed by atoms with Crippen molar-refractivity contribution >= 4 is 32.9 Å². The van der Waals surface area contributed by atoms with Gasteiger partial charge < -0.3 is 4.74 Å². The van der Waals surface area contributed by atoms with Crippen LogP contribution >= 0.6 is 11.3 Å². The van der Waals surface area contributed by atoms with Crippen molar-refractivity contribution in [3.63, 3.8) is 0 Å². The summed E-state index contributed by atoms with van der Waals surface area (Å²) in [5.41, 5.74) is 2.29. The first-order valence-corrected chi connectivity index (χ1v) is 12.8. The fourth-order valence-corrected chi connectivity index (χ4v) is 5.38. The first-order valence-electron chi connectivity index (χ1n) is 12.0. The molecular weight excluding hydrogens is 512 g/mol. The van der Waals surface area contributed by atoms with Crippen molar-refractivity contribution in [1.29, 1.82) is 5.26 Å². The summed E-state index contributed by atoms with van der Waals surface area (Å²) in [6, 6.07) is 5.19. The summed E-state index contributed by atoms with van der Waals surface area (Å²) in [5, 5.41) is 12.2. The van der Waals surface area contributed by atoms with Crippen LogP contribution in [0.25, 0.3) is 21.6 Å². The van der Waals surface area contributed by atoms with Crippen molar-refractivity contribution in [1.82, 2.24) is 24.9 Å². The number of methoxy groups -OCH3 is 1. The summed E-state index contributed by atoms with van der Waals surface area (Å²) in [6.45, 7) is 1.74. The fourth-order valence-electron chi connectivity index (χ4n) is 4.58. The molecule has 0 unspecified atom stereocenters. The molecule has 1 aliphatic rings. The largest absolute Gasteiger partial charge is 0.494 e. The first kappa shape index (κ1) is 25.5. The number of anilines is 1. The molecule has 194 valence electrons. The minimum Gasteiger partial charge on any atom is -0.494 e. The molecule has 0 spiro atoms. The SMILES string of the molecule is COc1cnc(C(F)F)cc1-c1cc(C)ncc1C(=O)Nc1nc2ncc(C3CCC(C#N)CC3)nc2s1. The number of alkyl halides is 2. The van der Waals surface area contributed by atoms with Gasteiger partial charge in [-0.3, -0.25) is 20.1 Å². The van der Waals surface area contributed by atoms with Crippen molar-refractivity contribution in [3.05, 3.63) is 53.4 Å². The van der Waals surface area contributed by atoms with E-state index in [1.54, 1.807) is 19.2 Å². The molecule has 4 aromatic rings. The van der Waals surface area contributed by atoms with Crippen molar-refractivity contribution in [3.8, 4) is 22.9 Å². The van der Waals surface area contributed by atoms with E-state index in [1.807, 2.05) is 0 Å². The van der Waals surface area contributed by atoms with Gasteiger partial charge in [-0.05, 0) is 44.7 Å². The van der Waals surface area contributed by atoms with E-state index in [0.717, 1.165) is 31.4 Å². The summed E-state index contributed by atoms with van der Waals surface area (Å²) in [4.78, 5) is 35.5. The second-order valence-corrected chi connectivity index (χ2v) is 10.0. The van der Waals surface area contributed by atoms with Gasteiger partial charge in [0, 0.05) is 34.9 Å². The zero-order chi connectivity index (χ0) is 26.8. The molecule has 4 heterocycles.